The van der Waals surface area contributed by atoms with E-state index < -0.39 is 10.0 Å². The predicted octanol–water partition coefficient (Wildman–Crippen LogP) is 1.55. The topological polar surface area (TPSA) is 78.5 Å². The molecule has 1 aromatic rings. The van der Waals surface area contributed by atoms with Crippen LogP contribution in [0.1, 0.15) is 24.8 Å². The van der Waals surface area contributed by atoms with E-state index in [1.54, 1.807) is 7.05 Å². The first-order chi connectivity index (χ1) is 11.0. The summed E-state index contributed by atoms with van der Waals surface area (Å²) in [5.74, 6) is 0.390. The molecule has 6 nitrogen and oxygen atoms in total. The van der Waals surface area contributed by atoms with Gasteiger partial charge in [0.15, 0.2) is 0 Å². The molecular weight excluding hydrogens is 314 g/mol. The second kappa shape index (κ2) is 8.31. The van der Waals surface area contributed by atoms with Crippen LogP contribution in [0.15, 0.2) is 30.3 Å². The maximum atomic E-state index is 12.0. The first-order valence-electron chi connectivity index (χ1n) is 7.96. The van der Waals surface area contributed by atoms with Gasteiger partial charge >= 0.3 is 6.03 Å². The van der Waals surface area contributed by atoms with Crippen LogP contribution in [0, 0.1) is 5.92 Å². The van der Waals surface area contributed by atoms with Gasteiger partial charge in [0.05, 0.1) is 5.75 Å². The zero-order chi connectivity index (χ0) is 16.7. The number of benzene rings is 1. The van der Waals surface area contributed by atoms with Crippen molar-refractivity contribution in [3.05, 3.63) is 35.9 Å². The summed E-state index contributed by atoms with van der Waals surface area (Å²) in [6.07, 6.45) is 3.39. The van der Waals surface area contributed by atoms with E-state index in [-0.39, 0.29) is 18.3 Å². The highest BCUT2D eigenvalue weighted by Gasteiger charge is 2.20. The number of hydrogen-bond donors (Lipinski definition) is 2. The first kappa shape index (κ1) is 17.7. The molecule has 1 aliphatic carbocycles. The Hall–Kier alpha value is -1.60. The lowest BCUT2D eigenvalue weighted by Crippen LogP contribution is -2.41. The fraction of sp³-hybridized carbons (Fsp3) is 0.562. The van der Waals surface area contributed by atoms with Gasteiger partial charge in [0.1, 0.15) is 0 Å². The molecule has 2 amide bonds. The summed E-state index contributed by atoms with van der Waals surface area (Å²) < 4.78 is 26.3. The smallest absolute Gasteiger partial charge is 0.317 e. The summed E-state index contributed by atoms with van der Waals surface area (Å²) in [5, 5.41) is 2.64. The van der Waals surface area contributed by atoms with Crippen molar-refractivity contribution < 1.29 is 13.2 Å². The van der Waals surface area contributed by atoms with Gasteiger partial charge < -0.3 is 10.2 Å². The molecule has 2 N–H and O–H groups in total. The van der Waals surface area contributed by atoms with Crippen LogP contribution in [0.25, 0.3) is 0 Å². The molecule has 7 heteroatoms. The number of hydrogen-bond acceptors (Lipinski definition) is 3. The molecule has 0 bridgehead atoms. The van der Waals surface area contributed by atoms with Crippen molar-refractivity contribution in [3.63, 3.8) is 0 Å². The minimum Gasteiger partial charge on any atom is -0.337 e. The molecular formula is C16H25N3O3S. The maximum absolute atomic E-state index is 12.0. The van der Waals surface area contributed by atoms with Gasteiger partial charge in [0.2, 0.25) is 10.0 Å². The quantitative estimate of drug-likeness (QED) is 0.754. The molecule has 1 aromatic carbocycles. The van der Waals surface area contributed by atoms with Crippen LogP contribution in [0.3, 0.4) is 0 Å². The highest BCUT2D eigenvalue weighted by atomic mass is 32.2. The molecule has 0 atom stereocenters. The molecule has 1 fully saturated rings. The number of sulfonamides is 1. The number of amides is 2. The number of nitrogens with one attached hydrogen (secondary N) is 2. The van der Waals surface area contributed by atoms with Crippen molar-refractivity contribution in [1.82, 2.24) is 14.9 Å². The third-order valence-corrected chi connectivity index (χ3v) is 5.42. The van der Waals surface area contributed by atoms with Gasteiger partial charge in [-0.05, 0) is 24.3 Å². The largest absolute Gasteiger partial charge is 0.337 e. The normalized spacial score (nSPS) is 15.0. The van der Waals surface area contributed by atoms with Crippen LogP contribution < -0.4 is 10.0 Å². The van der Waals surface area contributed by atoms with Crippen LogP contribution in [-0.4, -0.2) is 45.2 Å². The van der Waals surface area contributed by atoms with E-state index in [1.165, 1.54) is 11.3 Å². The van der Waals surface area contributed by atoms with E-state index in [9.17, 15) is 13.2 Å². The molecule has 0 aliphatic heterocycles. The molecule has 23 heavy (non-hydrogen) atoms. The van der Waals surface area contributed by atoms with Crippen molar-refractivity contribution in [3.8, 4) is 0 Å². The number of nitrogens with zero attached hydrogens (tertiary/aromatic N) is 1. The SMILES string of the molecule is CN(Cc1ccccc1)C(=O)NCCS(=O)(=O)NCC1CCC1. The van der Waals surface area contributed by atoms with Gasteiger partial charge in [-0.1, -0.05) is 36.8 Å². The summed E-state index contributed by atoms with van der Waals surface area (Å²) in [6.45, 7) is 1.11. The van der Waals surface area contributed by atoms with Gasteiger partial charge in [-0.3, -0.25) is 0 Å². The van der Waals surface area contributed by atoms with Crippen molar-refractivity contribution in [1.29, 1.82) is 0 Å². The molecule has 1 aliphatic rings. The third kappa shape index (κ3) is 6.19. The van der Waals surface area contributed by atoms with E-state index in [2.05, 4.69) is 10.0 Å². The molecule has 0 unspecified atom stereocenters. The minimum absolute atomic E-state index is 0.0926. The van der Waals surface area contributed by atoms with Crippen molar-refractivity contribution in [2.45, 2.75) is 25.8 Å². The zero-order valence-corrected chi connectivity index (χ0v) is 14.3. The summed E-state index contributed by atoms with van der Waals surface area (Å²) in [6, 6.07) is 9.37. The molecule has 2 rings (SSSR count). The Kier molecular flexibility index (Phi) is 6.41. The van der Waals surface area contributed by atoms with Crippen molar-refractivity contribution >= 4 is 16.1 Å². The summed E-state index contributed by atoms with van der Waals surface area (Å²) >= 11 is 0. The maximum Gasteiger partial charge on any atom is 0.317 e. The van der Waals surface area contributed by atoms with Crippen LogP contribution in [-0.2, 0) is 16.6 Å². The van der Waals surface area contributed by atoms with Crippen LogP contribution >= 0.6 is 0 Å². The van der Waals surface area contributed by atoms with E-state index in [0.717, 1.165) is 18.4 Å². The third-order valence-electron chi connectivity index (χ3n) is 4.07. The highest BCUT2D eigenvalue weighted by molar-refractivity contribution is 7.89. The molecule has 0 heterocycles. The monoisotopic (exact) mass is 339 g/mol. The number of urea groups is 1. The second-order valence-corrected chi connectivity index (χ2v) is 7.96. The first-order valence-corrected chi connectivity index (χ1v) is 9.62. The van der Waals surface area contributed by atoms with Crippen LogP contribution in [0.4, 0.5) is 4.79 Å². The Morgan fingerprint density at radius 2 is 1.96 bits per heavy atom. The summed E-state index contributed by atoms with van der Waals surface area (Å²) in [4.78, 5) is 13.5. The Balaban J connectivity index is 1.66. The van der Waals surface area contributed by atoms with Gasteiger partial charge in [-0.25, -0.2) is 17.9 Å². The molecule has 1 saturated carbocycles. The number of rotatable bonds is 8. The number of carbonyl (C=O) groups is 1. The standard InChI is InChI=1S/C16H25N3O3S/c1-19(13-15-6-3-2-4-7-15)16(20)17-10-11-23(21,22)18-12-14-8-5-9-14/h2-4,6-7,14,18H,5,8-13H2,1H3,(H,17,20). The molecule has 0 saturated heterocycles. The lowest BCUT2D eigenvalue weighted by Gasteiger charge is -2.25. The fourth-order valence-corrected chi connectivity index (χ4v) is 3.38. The van der Waals surface area contributed by atoms with E-state index >= 15 is 0 Å². The van der Waals surface area contributed by atoms with Gasteiger partial charge in [-0.2, -0.15) is 0 Å². The predicted molar refractivity (Wildman–Crippen MR) is 90.4 cm³/mol. The molecule has 0 spiro atoms. The minimum atomic E-state index is -3.32. The zero-order valence-electron chi connectivity index (χ0n) is 13.5. The average molecular weight is 339 g/mol. The summed E-state index contributed by atoms with van der Waals surface area (Å²) in [7, 11) is -1.63. The van der Waals surface area contributed by atoms with E-state index in [4.69, 9.17) is 0 Å². The van der Waals surface area contributed by atoms with Crippen molar-refractivity contribution in [2.75, 3.05) is 25.9 Å². The van der Waals surface area contributed by atoms with Crippen molar-refractivity contribution in [2.24, 2.45) is 5.92 Å². The molecule has 0 radical (unpaired) electrons. The summed E-state index contributed by atoms with van der Waals surface area (Å²) in [5.41, 5.74) is 1.03. The number of carbonyl (C=O) groups excluding carboxylic acids is 1. The lowest BCUT2D eigenvalue weighted by molar-refractivity contribution is 0.207. The van der Waals surface area contributed by atoms with E-state index in [1.807, 2.05) is 30.3 Å². The van der Waals surface area contributed by atoms with Gasteiger partial charge in [0.25, 0.3) is 0 Å². The van der Waals surface area contributed by atoms with Gasteiger partial charge in [0, 0.05) is 26.7 Å². The Morgan fingerprint density at radius 1 is 1.26 bits per heavy atom. The Labute approximate surface area is 138 Å². The molecule has 0 aromatic heterocycles. The Morgan fingerprint density at radius 3 is 2.57 bits per heavy atom. The van der Waals surface area contributed by atoms with E-state index in [0.29, 0.717) is 19.0 Å². The highest BCUT2D eigenvalue weighted by Crippen LogP contribution is 2.25. The van der Waals surface area contributed by atoms with Crippen LogP contribution in [0.5, 0.6) is 0 Å². The average Bonchev–Trinajstić information content (AvgIpc) is 2.46. The second-order valence-electron chi connectivity index (χ2n) is 6.04. The van der Waals surface area contributed by atoms with Gasteiger partial charge in [-0.15, -0.1) is 0 Å². The fourth-order valence-electron chi connectivity index (χ4n) is 2.37. The van der Waals surface area contributed by atoms with Crippen LogP contribution in [0.2, 0.25) is 0 Å². The molecule has 128 valence electrons. The Bertz CT molecular complexity index is 600. The lowest BCUT2D eigenvalue weighted by atomic mass is 9.86.